The lowest BCUT2D eigenvalue weighted by Gasteiger charge is -2.36. The summed E-state index contributed by atoms with van der Waals surface area (Å²) >= 11 is 1.46. The molecule has 2 aromatic rings. The summed E-state index contributed by atoms with van der Waals surface area (Å²) < 4.78 is 6.00. The molecular formula is C18H23N3O2S. The van der Waals surface area contributed by atoms with Gasteiger partial charge in [0, 0.05) is 23.9 Å². The van der Waals surface area contributed by atoms with Crippen molar-refractivity contribution < 1.29 is 9.53 Å². The average molecular weight is 345 g/mol. The summed E-state index contributed by atoms with van der Waals surface area (Å²) in [6.07, 6.45) is 0.645. The zero-order chi connectivity index (χ0) is 17.3. The van der Waals surface area contributed by atoms with Gasteiger partial charge in [0.05, 0.1) is 11.6 Å². The smallest absolute Gasteiger partial charge is 0.233 e. The fourth-order valence-electron chi connectivity index (χ4n) is 2.99. The molecule has 1 N–H and O–H groups in total. The van der Waals surface area contributed by atoms with Crippen molar-refractivity contribution in [3.63, 3.8) is 0 Å². The molecule has 1 aromatic heterocycles. The topological polar surface area (TPSA) is 54.5 Å². The Hall–Kier alpha value is -1.92. The molecule has 0 spiro atoms. The van der Waals surface area contributed by atoms with Gasteiger partial charge in [0.15, 0.2) is 5.13 Å². The number of nitrogens with zero attached hydrogens (tertiary/aromatic N) is 2. The molecule has 1 aromatic carbocycles. The molecule has 0 saturated heterocycles. The van der Waals surface area contributed by atoms with E-state index in [1.165, 1.54) is 11.3 Å². The lowest BCUT2D eigenvalue weighted by Crippen LogP contribution is -2.38. The van der Waals surface area contributed by atoms with Crippen molar-refractivity contribution in [1.29, 1.82) is 0 Å². The summed E-state index contributed by atoms with van der Waals surface area (Å²) in [7, 11) is 4.00. The van der Waals surface area contributed by atoms with E-state index in [-0.39, 0.29) is 17.4 Å². The van der Waals surface area contributed by atoms with Crippen LogP contribution in [0.4, 0.5) is 5.13 Å². The fraction of sp³-hybridized carbons (Fsp3) is 0.444. The summed E-state index contributed by atoms with van der Waals surface area (Å²) in [5.41, 5.74) is 1.54. The van der Waals surface area contributed by atoms with Crippen LogP contribution >= 0.6 is 11.3 Å². The van der Waals surface area contributed by atoms with Gasteiger partial charge in [0.25, 0.3) is 0 Å². The SMILES string of the molecule is CN(C)Cc1csc(NC(=O)C2CC(C)(C)Oc3ccccc32)n1. The minimum absolute atomic E-state index is 0.0235. The Kier molecular flexibility index (Phi) is 4.60. The van der Waals surface area contributed by atoms with Gasteiger partial charge in [-0.1, -0.05) is 18.2 Å². The maximum absolute atomic E-state index is 12.8. The number of anilines is 1. The van der Waals surface area contributed by atoms with Gasteiger partial charge < -0.3 is 15.0 Å². The van der Waals surface area contributed by atoms with Gasteiger partial charge in [-0.2, -0.15) is 0 Å². The highest BCUT2D eigenvalue weighted by atomic mass is 32.1. The molecule has 0 fully saturated rings. The number of aromatic nitrogens is 1. The lowest BCUT2D eigenvalue weighted by molar-refractivity contribution is -0.119. The van der Waals surface area contributed by atoms with Crippen LogP contribution in [0, 0.1) is 0 Å². The molecule has 1 unspecified atom stereocenters. The van der Waals surface area contributed by atoms with Crippen LogP contribution in [0.2, 0.25) is 0 Å². The standard InChI is InChI=1S/C18H23N3O2S/c1-18(2)9-14(13-7-5-6-8-15(13)23-18)16(22)20-17-19-12(11-24-17)10-21(3)4/h5-8,11,14H,9-10H2,1-4H3,(H,19,20,22). The molecule has 0 radical (unpaired) electrons. The highest BCUT2D eigenvalue weighted by Crippen LogP contribution is 2.41. The summed E-state index contributed by atoms with van der Waals surface area (Å²) in [5, 5.41) is 5.61. The molecule has 0 saturated carbocycles. The fourth-order valence-corrected chi connectivity index (χ4v) is 3.69. The quantitative estimate of drug-likeness (QED) is 0.922. The van der Waals surface area contributed by atoms with Crippen molar-refractivity contribution in [2.45, 2.75) is 38.3 Å². The number of benzene rings is 1. The number of hydrogen-bond acceptors (Lipinski definition) is 5. The van der Waals surface area contributed by atoms with Crippen LogP contribution in [0.15, 0.2) is 29.6 Å². The van der Waals surface area contributed by atoms with Crippen LogP contribution < -0.4 is 10.1 Å². The molecule has 0 aliphatic carbocycles. The Balaban J connectivity index is 1.78. The van der Waals surface area contributed by atoms with Crippen molar-refractivity contribution in [3.8, 4) is 5.75 Å². The molecule has 1 atom stereocenters. The first-order chi connectivity index (χ1) is 11.3. The lowest BCUT2D eigenvalue weighted by atomic mass is 9.84. The molecule has 1 amide bonds. The molecule has 6 heteroatoms. The number of amides is 1. The van der Waals surface area contributed by atoms with E-state index in [1.807, 2.05) is 57.6 Å². The van der Waals surface area contributed by atoms with Crippen molar-refractivity contribution in [3.05, 3.63) is 40.9 Å². The van der Waals surface area contributed by atoms with Crippen LogP contribution in [0.5, 0.6) is 5.75 Å². The summed E-state index contributed by atoms with van der Waals surface area (Å²) in [6.45, 7) is 4.79. The van der Waals surface area contributed by atoms with E-state index in [0.717, 1.165) is 23.6 Å². The molecule has 0 bridgehead atoms. The number of fused-ring (bicyclic) bond motifs is 1. The van der Waals surface area contributed by atoms with Crippen LogP contribution in [0.1, 0.15) is 37.4 Å². The average Bonchev–Trinajstić information content (AvgIpc) is 2.91. The van der Waals surface area contributed by atoms with Gasteiger partial charge in [0.2, 0.25) is 5.91 Å². The number of carbonyl (C=O) groups is 1. The Bertz CT molecular complexity index is 739. The first kappa shape index (κ1) is 16.9. The van der Waals surface area contributed by atoms with Crippen molar-refractivity contribution in [2.24, 2.45) is 0 Å². The number of nitrogens with one attached hydrogen (secondary N) is 1. The predicted molar refractivity (Wildman–Crippen MR) is 96.6 cm³/mol. The second kappa shape index (κ2) is 6.53. The third kappa shape index (κ3) is 3.76. The Morgan fingerprint density at radius 1 is 1.42 bits per heavy atom. The monoisotopic (exact) mass is 345 g/mol. The molecule has 3 rings (SSSR count). The summed E-state index contributed by atoms with van der Waals surface area (Å²) in [5.74, 6) is 0.539. The third-order valence-electron chi connectivity index (χ3n) is 3.95. The van der Waals surface area contributed by atoms with E-state index in [0.29, 0.717) is 11.6 Å². The van der Waals surface area contributed by atoms with Crippen molar-refractivity contribution in [2.75, 3.05) is 19.4 Å². The molecule has 24 heavy (non-hydrogen) atoms. The zero-order valence-electron chi connectivity index (χ0n) is 14.5. The van der Waals surface area contributed by atoms with Gasteiger partial charge in [-0.05, 0) is 34.0 Å². The maximum Gasteiger partial charge on any atom is 0.233 e. The molecule has 1 aliphatic rings. The van der Waals surface area contributed by atoms with Crippen molar-refractivity contribution in [1.82, 2.24) is 9.88 Å². The van der Waals surface area contributed by atoms with E-state index in [9.17, 15) is 4.79 Å². The Morgan fingerprint density at radius 3 is 2.92 bits per heavy atom. The minimum Gasteiger partial charge on any atom is -0.488 e. The minimum atomic E-state index is -0.366. The number of para-hydroxylation sites is 1. The van der Waals surface area contributed by atoms with Crippen LogP contribution in [-0.2, 0) is 11.3 Å². The first-order valence-electron chi connectivity index (χ1n) is 8.02. The second-order valence-electron chi connectivity index (χ2n) is 7.03. The summed E-state index contributed by atoms with van der Waals surface area (Å²) in [4.78, 5) is 19.4. The molecule has 2 heterocycles. The van der Waals surface area contributed by atoms with E-state index in [1.54, 1.807) is 0 Å². The van der Waals surface area contributed by atoms with Crippen LogP contribution in [-0.4, -0.2) is 35.5 Å². The highest BCUT2D eigenvalue weighted by molar-refractivity contribution is 7.13. The predicted octanol–water partition coefficient (Wildman–Crippen LogP) is 3.49. The normalized spacial score (nSPS) is 18.8. The van der Waals surface area contributed by atoms with Gasteiger partial charge in [-0.25, -0.2) is 4.98 Å². The van der Waals surface area contributed by atoms with Crippen LogP contribution in [0.3, 0.4) is 0 Å². The highest BCUT2D eigenvalue weighted by Gasteiger charge is 2.37. The number of ether oxygens (including phenoxy) is 1. The van der Waals surface area contributed by atoms with Gasteiger partial charge >= 0.3 is 0 Å². The van der Waals surface area contributed by atoms with Crippen LogP contribution in [0.25, 0.3) is 0 Å². The van der Waals surface area contributed by atoms with Gasteiger partial charge in [0.1, 0.15) is 11.4 Å². The van der Waals surface area contributed by atoms with Gasteiger partial charge in [-0.15, -0.1) is 11.3 Å². The number of rotatable bonds is 4. The Morgan fingerprint density at radius 2 is 2.17 bits per heavy atom. The number of carbonyl (C=O) groups excluding carboxylic acids is 1. The van der Waals surface area contributed by atoms with E-state index in [2.05, 4.69) is 15.2 Å². The van der Waals surface area contributed by atoms with Gasteiger partial charge in [-0.3, -0.25) is 4.79 Å². The van der Waals surface area contributed by atoms with E-state index >= 15 is 0 Å². The second-order valence-corrected chi connectivity index (χ2v) is 7.89. The van der Waals surface area contributed by atoms with E-state index < -0.39 is 0 Å². The summed E-state index contributed by atoms with van der Waals surface area (Å²) in [6, 6.07) is 7.77. The molecule has 5 nitrogen and oxygen atoms in total. The van der Waals surface area contributed by atoms with Crippen molar-refractivity contribution >= 4 is 22.4 Å². The Labute approximate surface area is 146 Å². The maximum atomic E-state index is 12.8. The molecule has 128 valence electrons. The molecule has 1 aliphatic heterocycles. The van der Waals surface area contributed by atoms with E-state index in [4.69, 9.17) is 4.74 Å². The number of thiazole rings is 1. The molecular weight excluding hydrogens is 322 g/mol. The first-order valence-corrected chi connectivity index (χ1v) is 8.90. The largest absolute Gasteiger partial charge is 0.488 e. The zero-order valence-corrected chi connectivity index (χ0v) is 15.3. The number of hydrogen-bond donors (Lipinski definition) is 1. The third-order valence-corrected chi connectivity index (χ3v) is 4.76.